The number of thioether (sulfide) groups is 1. The number of nitrogens with one attached hydrogen (secondary N) is 1. The number of nitrogens with zero attached hydrogens (tertiary/aromatic N) is 2. The van der Waals surface area contributed by atoms with E-state index in [1.54, 1.807) is 46.2 Å². The number of carbonyl (C=O) groups is 3. The minimum absolute atomic E-state index is 0.0247. The maximum atomic E-state index is 13.2. The molecule has 1 N–H and O–H groups in total. The van der Waals surface area contributed by atoms with Crippen LogP contribution in [0.4, 0.5) is 20.2 Å². The molecule has 9 heteroatoms. The predicted octanol–water partition coefficient (Wildman–Crippen LogP) is 4.72. The Balaban J connectivity index is 1.44. The minimum Gasteiger partial charge on any atom is -0.325 e. The number of hydrogen-bond donors (Lipinski definition) is 1. The lowest BCUT2D eigenvalue weighted by molar-refractivity contribution is -0.118. The lowest BCUT2D eigenvalue weighted by Gasteiger charge is -2.48. The number of fused-ring (bicyclic) bond motifs is 3. The van der Waals surface area contributed by atoms with E-state index >= 15 is 0 Å². The fourth-order valence-electron chi connectivity index (χ4n) is 4.42. The van der Waals surface area contributed by atoms with E-state index in [2.05, 4.69) is 5.32 Å². The molecule has 2 aromatic carbocycles. The highest BCUT2D eigenvalue weighted by Crippen LogP contribution is 2.44. The van der Waals surface area contributed by atoms with Gasteiger partial charge in [0.05, 0.1) is 16.9 Å². The standard InChI is InChI=1S/C23H23F2N3O3S/c1-23-13-12-20(30)28(23)17-9-4-2-7-15(17)21(31)27(23)14-6-11-19(29)26-16-8-3-5-10-18(16)32-22(24)25/h2-5,7-10,22H,6,11-14H2,1H3,(H,26,29). The van der Waals surface area contributed by atoms with E-state index in [1.807, 2.05) is 13.0 Å². The highest BCUT2D eigenvalue weighted by Gasteiger charge is 2.52. The molecular weight excluding hydrogens is 436 g/mol. The molecular formula is C23H23F2N3O3S. The summed E-state index contributed by atoms with van der Waals surface area (Å²) in [4.78, 5) is 41.9. The van der Waals surface area contributed by atoms with Gasteiger partial charge in [0.25, 0.3) is 11.7 Å². The average molecular weight is 460 g/mol. The van der Waals surface area contributed by atoms with Crippen molar-refractivity contribution in [3.63, 3.8) is 0 Å². The molecule has 168 valence electrons. The third-order valence-corrected chi connectivity index (χ3v) is 6.70. The number of para-hydroxylation sites is 2. The smallest absolute Gasteiger partial charge is 0.288 e. The van der Waals surface area contributed by atoms with E-state index in [9.17, 15) is 23.2 Å². The molecule has 1 unspecified atom stereocenters. The van der Waals surface area contributed by atoms with Gasteiger partial charge in [0.1, 0.15) is 5.66 Å². The monoisotopic (exact) mass is 459 g/mol. The Kier molecular flexibility index (Phi) is 6.19. The van der Waals surface area contributed by atoms with Crippen molar-refractivity contribution in [2.24, 2.45) is 0 Å². The zero-order valence-electron chi connectivity index (χ0n) is 17.5. The van der Waals surface area contributed by atoms with Gasteiger partial charge in [-0.3, -0.25) is 19.3 Å². The summed E-state index contributed by atoms with van der Waals surface area (Å²) in [6.07, 6.45) is 1.37. The van der Waals surface area contributed by atoms with Crippen LogP contribution in [0.1, 0.15) is 43.0 Å². The minimum atomic E-state index is -2.58. The molecule has 0 bridgehead atoms. The van der Waals surface area contributed by atoms with Crippen LogP contribution in [-0.2, 0) is 9.59 Å². The lowest BCUT2D eigenvalue weighted by Crippen LogP contribution is -2.62. The van der Waals surface area contributed by atoms with Crippen LogP contribution in [0.15, 0.2) is 53.4 Å². The van der Waals surface area contributed by atoms with Crippen molar-refractivity contribution >= 4 is 40.9 Å². The molecule has 2 aliphatic rings. The maximum absolute atomic E-state index is 13.2. The number of amides is 3. The topological polar surface area (TPSA) is 69.7 Å². The van der Waals surface area contributed by atoms with Gasteiger partial charge >= 0.3 is 0 Å². The molecule has 2 heterocycles. The molecule has 0 saturated carbocycles. The highest BCUT2D eigenvalue weighted by molar-refractivity contribution is 7.99. The van der Waals surface area contributed by atoms with Gasteiger partial charge in [-0.2, -0.15) is 8.78 Å². The van der Waals surface area contributed by atoms with E-state index in [1.165, 1.54) is 6.07 Å². The molecule has 0 aromatic heterocycles. The number of hydrogen-bond acceptors (Lipinski definition) is 4. The summed E-state index contributed by atoms with van der Waals surface area (Å²) < 4.78 is 25.5. The fraction of sp³-hybridized carbons (Fsp3) is 0.348. The van der Waals surface area contributed by atoms with Crippen molar-refractivity contribution in [1.29, 1.82) is 0 Å². The molecule has 2 aliphatic heterocycles. The van der Waals surface area contributed by atoms with Crippen LogP contribution in [0.5, 0.6) is 0 Å². The van der Waals surface area contributed by atoms with Crippen LogP contribution >= 0.6 is 11.8 Å². The lowest BCUT2D eigenvalue weighted by atomic mass is 9.98. The second-order valence-electron chi connectivity index (χ2n) is 7.95. The summed E-state index contributed by atoms with van der Waals surface area (Å²) in [7, 11) is 0. The van der Waals surface area contributed by atoms with Crippen LogP contribution < -0.4 is 10.2 Å². The first kappa shape index (κ1) is 22.3. The third-order valence-electron chi connectivity index (χ3n) is 5.91. The Morgan fingerprint density at radius 2 is 1.88 bits per heavy atom. The zero-order chi connectivity index (χ0) is 22.9. The van der Waals surface area contributed by atoms with Crippen LogP contribution in [0.25, 0.3) is 0 Å². The van der Waals surface area contributed by atoms with E-state index in [0.29, 0.717) is 59.4 Å². The van der Waals surface area contributed by atoms with Crippen molar-refractivity contribution in [2.75, 3.05) is 16.8 Å². The van der Waals surface area contributed by atoms with E-state index in [-0.39, 0.29) is 24.1 Å². The van der Waals surface area contributed by atoms with E-state index in [4.69, 9.17) is 0 Å². The first-order valence-corrected chi connectivity index (χ1v) is 11.3. The normalized spacial score (nSPS) is 19.9. The first-order valence-electron chi connectivity index (χ1n) is 10.4. The molecule has 1 saturated heterocycles. The number of alkyl halides is 2. The van der Waals surface area contributed by atoms with Gasteiger partial charge in [-0.05, 0) is 44.0 Å². The molecule has 2 aromatic rings. The first-order chi connectivity index (χ1) is 15.3. The molecule has 4 rings (SSSR count). The van der Waals surface area contributed by atoms with E-state index < -0.39 is 11.4 Å². The molecule has 0 radical (unpaired) electrons. The van der Waals surface area contributed by atoms with E-state index in [0.717, 1.165) is 0 Å². The molecule has 3 amide bonds. The SMILES string of the molecule is CC12CCC(=O)N1c1ccccc1C(=O)N2CCCC(=O)Nc1ccccc1SC(F)F. The number of carbonyl (C=O) groups excluding carboxylic acids is 3. The Morgan fingerprint density at radius 1 is 1.16 bits per heavy atom. The van der Waals surface area contributed by atoms with Crippen LogP contribution in [0.3, 0.4) is 0 Å². The molecule has 0 spiro atoms. The van der Waals surface area contributed by atoms with Crippen molar-refractivity contribution in [1.82, 2.24) is 4.90 Å². The largest absolute Gasteiger partial charge is 0.325 e. The Morgan fingerprint density at radius 3 is 2.66 bits per heavy atom. The molecule has 0 aliphatic carbocycles. The van der Waals surface area contributed by atoms with Crippen molar-refractivity contribution in [3.05, 3.63) is 54.1 Å². The van der Waals surface area contributed by atoms with Gasteiger partial charge in [0.2, 0.25) is 11.8 Å². The number of anilines is 2. The highest BCUT2D eigenvalue weighted by atomic mass is 32.2. The summed E-state index contributed by atoms with van der Waals surface area (Å²) >= 11 is 0.379. The van der Waals surface area contributed by atoms with Crippen LogP contribution in [0.2, 0.25) is 0 Å². The number of rotatable bonds is 7. The Bertz CT molecular complexity index is 1060. The zero-order valence-corrected chi connectivity index (χ0v) is 18.3. The molecule has 1 atom stereocenters. The van der Waals surface area contributed by atoms with Crippen LogP contribution in [0, 0.1) is 0 Å². The third kappa shape index (κ3) is 4.09. The van der Waals surface area contributed by atoms with Gasteiger partial charge < -0.3 is 10.2 Å². The van der Waals surface area contributed by atoms with Gasteiger partial charge in [0.15, 0.2) is 0 Å². The summed E-state index contributed by atoms with van der Waals surface area (Å²) in [5.41, 5.74) is 0.678. The Hall–Kier alpha value is -2.94. The summed E-state index contributed by atoms with van der Waals surface area (Å²) in [5.74, 6) is -3.09. The second-order valence-corrected chi connectivity index (χ2v) is 8.98. The van der Waals surface area contributed by atoms with Gasteiger partial charge in [-0.15, -0.1) is 0 Å². The quantitative estimate of drug-likeness (QED) is 0.609. The Labute approximate surface area is 188 Å². The maximum Gasteiger partial charge on any atom is 0.288 e. The average Bonchev–Trinajstić information content (AvgIpc) is 3.07. The van der Waals surface area contributed by atoms with Crippen molar-refractivity contribution < 1.29 is 23.2 Å². The van der Waals surface area contributed by atoms with Crippen molar-refractivity contribution in [3.8, 4) is 0 Å². The van der Waals surface area contributed by atoms with Gasteiger partial charge in [-0.25, -0.2) is 0 Å². The summed E-state index contributed by atoms with van der Waals surface area (Å²) in [5, 5.41) is 2.68. The molecule has 32 heavy (non-hydrogen) atoms. The van der Waals surface area contributed by atoms with Crippen molar-refractivity contribution in [2.45, 2.75) is 48.9 Å². The fourth-order valence-corrected chi connectivity index (χ4v) is 5.02. The van der Waals surface area contributed by atoms with Gasteiger partial charge in [0, 0.05) is 24.3 Å². The van der Waals surface area contributed by atoms with Gasteiger partial charge in [-0.1, -0.05) is 36.0 Å². The molecule has 1 fully saturated rings. The number of halogens is 2. The molecule has 6 nitrogen and oxygen atoms in total. The summed E-state index contributed by atoms with van der Waals surface area (Å²) in [6, 6.07) is 13.5. The number of benzene rings is 2. The predicted molar refractivity (Wildman–Crippen MR) is 119 cm³/mol. The summed E-state index contributed by atoms with van der Waals surface area (Å²) in [6.45, 7) is 2.18. The van der Waals surface area contributed by atoms with Crippen LogP contribution in [-0.4, -0.2) is 40.6 Å². The second kappa shape index (κ2) is 8.90.